The molecule has 20 heavy (non-hydrogen) atoms. The van der Waals surface area contributed by atoms with E-state index in [0.29, 0.717) is 18.4 Å². The normalized spacial score (nSPS) is 19.4. The van der Waals surface area contributed by atoms with Gasteiger partial charge in [-0.25, -0.2) is 0 Å². The highest BCUT2D eigenvalue weighted by Gasteiger charge is 2.28. The van der Waals surface area contributed by atoms with E-state index in [1.807, 2.05) is 24.3 Å². The monoisotopic (exact) mass is 294 g/mol. The first kappa shape index (κ1) is 15.3. The highest BCUT2D eigenvalue weighted by atomic mass is 35.5. The molecule has 1 saturated heterocycles. The Bertz CT molecular complexity index is 444. The van der Waals surface area contributed by atoms with E-state index in [1.54, 1.807) is 0 Å². The summed E-state index contributed by atoms with van der Waals surface area (Å²) in [6, 6.07) is 8.06. The van der Waals surface area contributed by atoms with Gasteiger partial charge in [-0.15, -0.1) is 0 Å². The van der Waals surface area contributed by atoms with Gasteiger partial charge in [0.25, 0.3) is 0 Å². The molecule has 1 unspecified atom stereocenters. The number of aryl methyl sites for hydroxylation is 1. The van der Waals surface area contributed by atoms with Crippen LogP contribution in [-0.2, 0) is 11.2 Å². The van der Waals surface area contributed by atoms with Gasteiger partial charge in [-0.05, 0) is 30.0 Å². The van der Waals surface area contributed by atoms with Crippen molar-refractivity contribution in [1.82, 2.24) is 10.2 Å². The minimum atomic E-state index is 0.264. The molecule has 0 radical (unpaired) electrons. The van der Waals surface area contributed by atoms with E-state index >= 15 is 0 Å². The average Bonchev–Trinajstić information content (AvgIpc) is 2.46. The second-order valence-corrected chi connectivity index (χ2v) is 6.17. The number of hydrogen-bond acceptors (Lipinski definition) is 2. The second-order valence-electron chi connectivity index (χ2n) is 5.73. The molecule has 4 heteroatoms. The highest BCUT2D eigenvalue weighted by molar-refractivity contribution is 6.30. The van der Waals surface area contributed by atoms with E-state index in [2.05, 4.69) is 24.1 Å². The third kappa shape index (κ3) is 3.97. The van der Waals surface area contributed by atoms with Crippen molar-refractivity contribution in [1.29, 1.82) is 0 Å². The lowest BCUT2D eigenvalue weighted by Gasteiger charge is -2.38. The van der Waals surface area contributed by atoms with Crippen LogP contribution >= 0.6 is 11.6 Å². The van der Waals surface area contributed by atoms with Crippen molar-refractivity contribution >= 4 is 17.5 Å². The Kier molecular flexibility index (Phi) is 5.44. The largest absolute Gasteiger partial charge is 0.337 e. The molecule has 1 aliphatic heterocycles. The van der Waals surface area contributed by atoms with Crippen LogP contribution in [0, 0.1) is 5.92 Å². The van der Waals surface area contributed by atoms with Gasteiger partial charge in [-0.3, -0.25) is 4.79 Å². The SMILES string of the molecule is CC(C)C1CNCCN1C(=O)CCc1ccc(Cl)cc1. The fourth-order valence-electron chi connectivity index (χ4n) is 2.68. The molecule has 1 aliphatic rings. The summed E-state index contributed by atoms with van der Waals surface area (Å²) < 4.78 is 0. The number of nitrogens with zero attached hydrogens (tertiary/aromatic N) is 1. The van der Waals surface area contributed by atoms with Crippen molar-refractivity contribution in [3.8, 4) is 0 Å². The Hall–Kier alpha value is -1.06. The van der Waals surface area contributed by atoms with Crippen molar-refractivity contribution in [2.24, 2.45) is 5.92 Å². The molecule has 1 aromatic carbocycles. The molecular weight excluding hydrogens is 272 g/mol. The van der Waals surface area contributed by atoms with Crippen LogP contribution in [0.5, 0.6) is 0 Å². The molecule has 1 N–H and O–H groups in total. The van der Waals surface area contributed by atoms with E-state index in [0.717, 1.165) is 31.1 Å². The first-order valence-corrected chi connectivity index (χ1v) is 7.70. The number of rotatable bonds is 4. The number of piperazine rings is 1. The topological polar surface area (TPSA) is 32.3 Å². The van der Waals surface area contributed by atoms with Crippen molar-refractivity contribution in [2.45, 2.75) is 32.7 Å². The third-order valence-corrected chi connectivity index (χ3v) is 4.17. The van der Waals surface area contributed by atoms with Crippen molar-refractivity contribution in [3.05, 3.63) is 34.9 Å². The number of carbonyl (C=O) groups is 1. The number of amides is 1. The minimum absolute atomic E-state index is 0.264. The summed E-state index contributed by atoms with van der Waals surface area (Å²) >= 11 is 5.87. The molecule has 110 valence electrons. The molecular formula is C16H23ClN2O. The fourth-order valence-corrected chi connectivity index (χ4v) is 2.80. The van der Waals surface area contributed by atoms with Crippen LogP contribution in [0.3, 0.4) is 0 Å². The molecule has 0 aliphatic carbocycles. The maximum Gasteiger partial charge on any atom is 0.223 e. The first-order valence-electron chi connectivity index (χ1n) is 7.32. The molecule has 0 saturated carbocycles. The molecule has 1 atom stereocenters. The lowest BCUT2D eigenvalue weighted by Crippen LogP contribution is -2.55. The lowest BCUT2D eigenvalue weighted by atomic mass is 9.99. The quantitative estimate of drug-likeness (QED) is 0.926. The highest BCUT2D eigenvalue weighted by Crippen LogP contribution is 2.16. The number of halogens is 1. The number of hydrogen-bond donors (Lipinski definition) is 1. The molecule has 1 aromatic rings. The van der Waals surface area contributed by atoms with E-state index in [9.17, 15) is 4.79 Å². The first-order chi connectivity index (χ1) is 9.58. The van der Waals surface area contributed by atoms with Crippen molar-refractivity contribution < 1.29 is 4.79 Å². The summed E-state index contributed by atoms with van der Waals surface area (Å²) in [7, 11) is 0. The van der Waals surface area contributed by atoms with Gasteiger partial charge in [0.2, 0.25) is 5.91 Å². The summed E-state index contributed by atoms with van der Waals surface area (Å²) in [6.07, 6.45) is 1.36. The maximum atomic E-state index is 12.4. The van der Waals surface area contributed by atoms with Crippen LogP contribution in [0.15, 0.2) is 24.3 Å². The van der Waals surface area contributed by atoms with Gasteiger partial charge >= 0.3 is 0 Å². The molecule has 0 bridgehead atoms. The van der Waals surface area contributed by atoms with E-state index in [1.165, 1.54) is 5.56 Å². The van der Waals surface area contributed by atoms with Crippen LogP contribution in [0.4, 0.5) is 0 Å². The molecule has 1 amide bonds. The van der Waals surface area contributed by atoms with Gasteiger partial charge < -0.3 is 10.2 Å². The zero-order valence-corrected chi connectivity index (χ0v) is 13.0. The smallest absolute Gasteiger partial charge is 0.223 e. The average molecular weight is 295 g/mol. The van der Waals surface area contributed by atoms with Crippen molar-refractivity contribution in [2.75, 3.05) is 19.6 Å². The van der Waals surface area contributed by atoms with Crippen LogP contribution in [-0.4, -0.2) is 36.5 Å². The van der Waals surface area contributed by atoms with Gasteiger partial charge in [0.05, 0.1) is 0 Å². The molecule has 0 spiro atoms. The summed E-state index contributed by atoms with van der Waals surface area (Å²) in [5.74, 6) is 0.752. The lowest BCUT2D eigenvalue weighted by molar-refractivity contribution is -0.135. The number of benzene rings is 1. The van der Waals surface area contributed by atoms with Crippen LogP contribution in [0.1, 0.15) is 25.8 Å². The van der Waals surface area contributed by atoms with E-state index < -0.39 is 0 Å². The van der Waals surface area contributed by atoms with Crippen molar-refractivity contribution in [3.63, 3.8) is 0 Å². The summed E-state index contributed by atoms with van der Waals surface area (Å²) in [5, 5.41) is 4.11. The van der Waals surface area contributed by atoms with Crippen LogP contribution < -0.4 is 5.32 Å². The molecule has 1 fully saturated rings. The Morgan fingerprint density at radius 2 is 2.10 bits per heavy atom. The summed E-state index contributed by atoms with van der Waals surface area (Å²) in [4.78, 5) is 14.5. The Morgan fingerprint density at radius 3 is 2.75 bits per heavy atom. The minimum Gasteiger partial charge on any atom is -0.337 e. The molecule has 0 aromatic heterocycles. The fraction of sp³-hybridized carbons (Fsp3) is 0.562. The zero-order valence-electron chi connectivity index (χ0n) is 12.2. The number of nitrogens with one attached hydrogen (secondary N) is 1. The second kappa shape index (κ2) is 7.09. The number of carbonyl (C=O) groups excluding carboxylic acids is 1. The van der Waals surface area contributed by atoms with Gasteiger partial charge in [0.15, 0.2) is 0 Å². The zero-order chi connectivity index (χ0) is 14.5. The third-order valence-electron chi connectivity index (χ3n) is 3.91. The van der Waals surface area contributed by atoms with Crippen LogP contribution in [0.25, 0.3) is 0 Å². The van der Waals surface area contributed by atoms with Gasteiger partial charge in [0.1, 0.15) is 0 Å². The Labute approximate surface area is 126 Å². The van der Waals surface area contributed by atoms with Gasteiger partial charge in [-0.1, -0.05) is 37.6 Å². The summed E-state index contributed by atoms with van der Waals surface area (Å²) in [6.45, 7) is 6.98. The molecule has 1 heterocycles. The van der Waals surface area contributed by atoms with Gasteiger partial charge in [-0.2, -0.15) is 0 Å². The predicted octanol–water partition coefficient (Wildman–Crippen LogP) is 2.73. The van der Waals surface area contributed by atoms with Crippen LogP contribution in [0.2, 0.25) is 5.02 Å². The Balaban J connectivity index is 1.91. The Morgan fingerprint density at radius 1 is 1.40 bits per heavy atom. The van der Waals surface area contributed by atoms with Gasteiger partial charge in [0, 0.05) is 37.1 Å². The van der Waals surface area contributed by atoms with E-state index in [4.69, 9.17) is 11.6 Å². The predicted molar refractivity (Wildman–Crippen MR) is 83.0 cm³/mol. The summed E-state index contributed by atoms with van der Waals surface area (Å²) in [5.41, 5.74) is 1.17. The standard InChI is InChI=1S/C16H23ClN2O/c1-12(2)15-11-18-9-10-19(15)16(20)8-5-13-3-6-14(17)7-4-13/h3-4,6-7,12,15,18H,5,8-11H2,1-2H3. The molecule has 2 rings (SSSR count). The van der Waals surface area contributed by atoms with E-state index in [-0.39, 0.29) is 5.91 Å². The molecule has 3 nitrogen and oxygen atoms in total. The maximum absolute atomic E-state index is 12.4.